The van der Waals surface area contributed by atoms with E-state index >= 15 is 0 Å². The first-order valence-electron chi connectivity index (χ1n) is 7.25. The second-order valence-electron chi connectivity index (χ2n) is 5.96. The van der Waals surface area contributed by atoms with Crippen molar-refractivity contribution in [2.24, 2.45) is 5.92 Å². The van der Waals surface area contributed by atoms with E-state index in [-0.39, 0.29) is 5.54 Å². The molecule has 0 aromatic carbocycles. The van der Waals surface area contributed by atoms with Gasteiger partial charge in [0.25, 0.3) is 0 Å². The van der Waals surface area contributed by atoms with Gasteiger partial charge in [0.15, 0.2) is 0 Å². The zero-order chi connectivity index (χ0) is 13.9. The number of aromatic nitrogens is 2. The second-order valence-corrected chi connectivity index (χ2v) is 5.96. The molecule has 0 saturated heterocycles. The van der Waals surface area contributed by atoms with E-state index in [0.29, 0.717) is 12.0 Å². The van der Waals surface area contributed by atoms with E-state index in [4.69, 9.17) is 0 Å². The summed E-state index contributed by atoms with van der Waals surface area (Å²) >= 11 is 0. The van der Waals surface area contributed by atoms with Gasteiger partial charge in [-0.05, 0) is 52.0 Å². The van der Waals surface area contributed by atoms with Crippen molar-refractivity contribution in [1.29, 1.82) is 5.26 Å². The van der Waals surface area contributed by atoms with Crippen molar-refractivity contribution in [2.75, 3.05) is 0 Å². The van der Waals surface area contributed by atoms with Crippen molar-refractivity contribution in [2.45, 2.75) is 64.6 Å². The summed E-state index contributed by atoms with van der Waals surface area (Å²) < 4.78 is 2.04. The summed E-state index contributed by atoms with van der Waals surface area (Å²) in [7, 11) is 0. The minimum atomic E-state index is -0.324. The Morgan fingerprint density at radius 3 is 3.00 bits per heavy atom. The number of nitriles is 1. The standard InChI is InChI=1S/C15H24N4/c1-12(2)18-15(11-16)8-4-5-14(15)7-10-19-13(3)6-9-17-19/h6,9,12,14,18H,4-5,7-8,10H2,1-3H3. The Labute approximate surface area is 115 Å². The summed E-state index contributed by atoms with van der Waals surface area (Å²) in [6, 6.07) is 4.94. The smallest absolute Gasteiger partial charge is 0.109 e. The van der Waals surface area contributed by atoms with Crippen LogP contribution in [0.3, 0.4) is 0 Å². The van der Waals surface area contributed by atoms with Gasteiger partial charge < -0.3 is 0 Å². The topological polar surface area (TPSA) is 53.6 Å². The summed E-state index contributed by atoms with van der Waals surface area (Å²) in [5.41, 5.74) is 0.868. The fourth-order valence-corrected chi connectivity index (χ4v) is 3.26. The van der Waals surface area contributed by atoms with Crippen molar-refractivity contribution in [3.63, 3.8) is 0 Å². The summed E-state index contributed by atoms with van der Waals surface area (Å²) in [5.74, 6) is 0.434. The van der Waals surface area contributed by atoms with Gasteiger partial charge in [0.05, 0.1) is 6.07 Å². The van der Waals surface area contributed by atoms with Gasteiger partial charge in [0, 0.05) is 24.5 Å². The van der Waals surface area contributed by atoms with Crippen LogP contribution in [-0.2, 0) is 6.54 Å². The highest BCUT2D eigenvalue weighted by molar-refractivity contribution is 5.14. The van der Waals surface area contributed by atoms with Crippen LogP contribution in [-0.4, -0.2) is 21.4 Å². The summed E-state index contributed by atoms with van der Waals surface area (Å²) in [5, 5.41) is 17.4. The van der Waals surface area contributed by atoms with E-state index in [1.807, 2.05) is 16.9 Å². The van der Waals surface area contributed by atoms with Crippen molar-refractivity contribution >= 4 is 0 Å². The van der Waals surface area contributed by atoms with Gasteiger partial charge in [0.1, 0.15) is 5.54 Å². The first-order chi connectivity index (χ1) is 9.07. The highest BCUT2D eigenvalue weighted by atomic mass is 15.3. The molecular weight excluding hydrogens is 236 g/mol. The van der Waals surface area contributed by atoms with E-state index in [0.717, 1.165) is 32.2 Å². The quantitative estimate of drug-likeness (QED) is 0.885. The van der Waals surface area contributed by atoms with E-state index < -0.39 is 0 Å². The predicted molar refractivity (Wildman–Crippen MR) is 75.5 cm³/mol. The van der Waals surface area contributed by atoms with E-state index in [1.165, 1.54) is 5.69 Å². The van der Waals surface area contributed by atoms with Crippen molar-refractivity contribution < 1.29 is 0 Å². The molecule has 0 bridgehead atoms. The van der Waals surface area contributed by atoms with E-state index in [1.54, 1.807) is 0 Å². The number of hydrogen-bond acceptors (Lipinski definition) is 3. The molecule has 1 aromatic heterocycles. The molecule has 0 radical (unpaired) electrons. The molecule has 1 fully saturated rings. The molecule has 2 rings (SSSR count). The molecule has 104 valence electrons. The second kappa shape index (κ2) is 5.75. The van der Waals surface area contributed by atoms with Crippen LogP contribution in [0.1, 0.15) is 45.2 Å². The molecule has 4 heteroatoms. The normalized spacial score (nSPS) is 26.8. The summed E-state index contributed by atoms with van der Waals surface area (Å²) in [4.78, 5) is 0. The van der Waals surface area contributed by atoms with Crippen LogP contribution in [0.2, 0.25) is 0 Å². The molecule has 1 saturated carbocycles. The minimum absolute atomic E-state index is 0.324. The van der Waals surface area contributed by atoms with Crippen LogP contribution in [0.4, 0.5) is 0 Å². The third-order valence-electron chi connectivity index (χ3n) is 4.18. The average Bonchev–Trinajstić information content (AvgIpc) is 2.93. The van der Waals surface area contributed by atoms with Gasteiger partial charge in [-0.2, -0.15) is 10.4 Å². The largest absolute Gasteiger partial charge is 0.297 e. The lowest BCUT2D eigenvalue weighted by Crippen LogP contribution is -2.50. The highest BCUT2D eigenvalue weighted by Crippen LogP contribution is 2.38. The zero-order valence-electron chi connectivity index (χ0n) is 12.2. The molecule has 19 heavy (non-hydrogen) atoms. The van der Waals surface area contributed by atoms with Crippen molar-refractivity contribution in [3.05, 3.63) is 18.0 Å². The molecule has 1 aliphatic carbocycles. The number of rotatable bonds is 5. The summed E-state index contributed by atoms with van der Waals surface area (Å²) in [6.07, 6.45) is 6.14. The average molecular weight is 260 g/mol. The third kappa shape index (κ3) is 2.98. The maximum atomic E-state index is 9.61. The SMILES string of the molecule is Cc1ccnn1CCC1CCCC1(C#N)NC(C)C. The van der Waals surface area contributed by atoms with E-state index in [2.05, 4.69) is 37.3 Å². The Hall–Kier alpha value is -1.34. The van der Waals surface area contributed by atoms with Crippen LogP contribution in [0.25, 0.3) is 0 Å². The first-order valence-corrected chi connectivity index (χ1v) is 7.25. The lowest BCUT2D eigenvalue weighted by Gasteiger charge is -2.32. The molecule has 1 heterocycles. The van der Waals surface area contributed by atoms with Gasteiger partial charge in [0.2, 0.25) is 0 Å². The van der Waals surface area contributed by atoms with Crippen LogP contribution in [0.15, 0.2) is 12.3 Å². The molecule has 1 aliphatic rings. The van der Waals surface area contributed by atoms with Crippen molar-refractivity contribution in [3.8, 4) is 6.07 Å². The lowest BCUT2D eigenvalue weighted by atomic mass is 9.85. The Balaban J connectivity index is 2.02. The van der Waals surface area contributed by atoms with E-state index in [9.17, 15) is 5.26 Å². The van der Waals surface area contributed by atoms with Gasteiger partial charge >= 0.3 is 0 Å². The number of hydrogen-bond donors (Lipinski definition) is 1. The first kappa shape index (κ1) is 14.1. The Morgan fingerprint density at radius 1 is 1.63 bits per heavy atom. The lowest BCUT2D eigenvalue weighted by molar-refractivity contribution is 0.269. The molecule has 2 unspecified atom stereocenters. The minimum Gasteiger partial charge on any atom is -0.297 e. The number of aryl methyl sites for hydroxylation is 2. The predicted octanol–water partition coefficient (Wildman–Crippen LogP) is 2.64. The van der Waals surface area contributed by atoms with Gasteiger partial charge in [-0.3, -0.25) is 10.00 Å². The maximum absolute atomic E-state index is 9.61. The molecule has 0 aliphatic heterocycles. The molecule has 2 atom stereocenters. The van der Waals surface area contributed by atoms with Crippen LogP contribution in [0.5, 0.6) is 0 Å². The molecule has 0 spiro atoms. The maximum Gasteiger partial charge on any atom is 0.109 e. The number of nitrogens with one attached hydrogen (secondary N) is 1. The molecule has 1 N–H and O–H groups in total. The van der Waals surface area contributed by atoms with Gasteiger partial charge in [-0.15, -0.1) is 0 Å². The Morgan fingerprint density at radius 2 is 2.42 bits per heavy atom. The molecule has 4 nitrogen and oxygen atoms in total. The Kier molecular flexibility index (Phi) is 4.26. The fourth-order valence-electron chi connectivity index (χ4n) is 3.26. The molecular formula is C15H24N4. The van der Waals surface area contributed by atoms with Crippen molar-refractivity contribution in [1.82, 2.24) is 15.1 Å². The van der Waals surface area contributed by atoms with Crippen LogP contribution >= 0.6 is 0 Å². The third-order valence-corrected chi connectivity index (χ3v) is 4.18. The summed E-state index contributed by atoms with van der Waals surface area (Å²) in [6.45, 7) is 7.22. The highest BCUT2D eigenvalue weighted by Gasteiger charge is 2.43. The van der Waals surface area contributed by atoms with Gasteiger partial charge in [-0.25, -0.2) is 0 Å². The molecule has 0 amide bonds. The van der Waals surface area contributed by atoms with Gasteiger partial charge in [-0.1, -0.05) is 6.42 Å². The molecule has 1 aromatic rings. The van der Waals surface area contributed by atoms with Crippen LogP contribution < -0.4 is 5.32 Å². The monoisotopic (exact) mass is 260 g/mol. The fraction of sp³-hybridized carbons (Fsp3) is 0.733. The zero-order valence-corrected chi connectivity index (χ0v) is 12.2. The van der Waals surface area contributed by atoms with Crippen LogP contribution in [0, 0.1) is 24.2 Å². The Bertz CT molecular complexity index is 457. The number of nitrogens with zero attached hydrogens (tertiary/aromatic N) is 3.